The van der Waals surface area contributed by atoms with E-state index in [-0.39, 0.29) is 23.4 Å². The number of thiophene rings is 2. The van der Waals surface area contributed by atoms with E-state index in [4.69, 9.17) is 4.74 Å². The van der Waals surface area contributed by atoms with Gasteiger partial charge in [-0.05, 0) is 48.4 Å². The molecule has 4 aromatic rings. The first-order chi connectivity index (χ1) is 17.9. The quantitative estimate of drug-likeness (QED) is 0.0883. The maximum absolute atomic E-state index is 13.0. The summed E-state index contributed by atoms with van der Waals surface area (Å²) in [5.41, 5.74) is 2.31. The minimum Gasteiger partial charge on any atom is -0.462 e. The summed E-state index contributed by atoms with van der Waals surface area (Å²) in [4.78, 5) is 37.6. The molecule has 2 aromatic carbocycles. The largest absolute Gasteiger partial charge is 0.462 e. The maximum atomic E-state index is 13.0. The van der Waals surface area contributed by atoms with E-state index >= 15 is 0 Å². The average molecular weight is 530 g/mol. The molecule has 37 heavy (non-hydrogen) atoms. The second-order valence-corrected chi connectivity index (χ2v) is 9.56. The van der Waals surface area contributed by atoms with E-state index in [1.165, 1.54) is 40.9 Å². The number of nitro groups is 1. The zero-order valence-electron chi connectivity index (χ0n) is 19.5. The molecule has 0 bridgehead atoms. The highest BCUT2D eigenvalue weighted by atomic mass is 32.1. The van der Waals surface area contributed by atoms with E-state index in [2.05, 4.69) is 5.32 Å². The number of nitriles is 1. The number of carbonyl (C=O) groups is 2. The third kappa shape index (κ3) is 5.81. The molecule has 0 fully saturated rings. The molecule has 0 saturated carbocycles. The van der Waals surface area contributed by atoms with Gasteiger partial charge in [0.25, 0.3) is 11.6 Å². The molecular weight excluding hydrogens is 510 g/mol. The van der Waals surface area contributed by atoms with E-state index < -0.39 is 16.8 Å². The van der Waals surface area contributed by atoms with Crippen LogP contribution in [0.3, 0.4) is 0 Å². The van der Waals surface area contributed by atoms with Gasteiger partial charge < -0.3 is 10.1 Å². The lowest BCUT2D eigenvalue weighted by atomic mass is 10.0. The Labute approximate surface area is 220 Å². The monoisotopic (exact) mass is 529 g/mol. The molecule has 10 heteroatoms. The summed E-state index contributed by atoms with van der Waals surface area (Å²) in [6, 6.07) is 20.9. The highest BCUT2D eigenvalue weighted by Gasteiger charge is 2.23. The third-order valence-electron chi connectivity index (χ3n) is 5.22. The Morgan fingerprint density at radius 1 is 1.08 bits per heavy atom. The summed E-state index contributed by atoms with van der Waals surface area (Å²) in [6.45, 7) is 1.88. The molecule has 1 amide bonds. The number of anilines is 1. The predicted molar refractivity (Wildman–Crippen MR) is 144 cm³/mol. The van der Waals surface area contributed by atoms with E-state index in [0.717, 1.165) is 16.0 Å². The molecule has 1 N–H and O–H groups in total. The molecule has 8 nitrogen and oxygen atoms in total. The first-order valence-corrected chi connectivity index (χ1v) is 12.7. The molecule has 0 radical (unpaired) electrons. The lowest BCUT2D eigenvalue weighted by Gasteiger charge is -2.08. The topological polar surface area (TPSA) is 122 Å². The van der Waals surface area contributed by atoms with Crippen molar-refractivity contribution in [3.8, 4) is 27.6 Å². The van der Waals surface area contributed by atoms with Crippen LogP contribution in [0.1, 0.15) is 22.2 Å². The molecule has 0 atom stereocenters. The summed E-state index contributed by atoms with van der Waals surface area (Å²) >= 11 is 2.51. The van der Waals surface area contributed by atoms with Crippen LogP contribution in [0, 0.1) is 21.4 Å². The third-order valence-corrected chi connectivity index (χ3v) is 7.20. The second kappa shape index (κ2) is 11.4. The van der Waals surface area contributed by atoms with Crippen molar-refractivity contribution in [3.05, 3.63) is 98.2 Å². The van der Waals surface area contributed by atoms with Crippen LogP contribution in [0.25, 0.3) is 27.6 Å². The highest BCUT2D eigenvalue weighted by Crippen LogP contribution is 2.37. The van der Waals surface area contributed by atoms with Gasteiger partial charge in [-0.15, -0.1) is 22.7 Å². The van der Waals surface area contributed by atoms with E-state index in [1.807, 2.05) is 42.5 Å². The Bertz CT molecular complexity index is 1530. The van der Waals surface area contributed by atoms with Crippen LogP contribution in [0.2, 0.25) is 0 Å². The fourth-order valence-corrected chi connectivity index (χ4v) is 5.39. The molecule has 4 rings (SSSR count). The van der Waals surface area contributed by atoms with Crippen LogP contribution >= 0.6 is 22.7 Å². The highest BCUT2D eigenvalue weighted by molar-refractivity contribution is 7.16. The molecule has 0 saturated heterocycles. The van der Waals surface area contributed by atoms with Crippen molar-refractivity contribution in [1.82, 2.24) is 0 Å². The number of nitrogens with zero attached hydrogens (tertiary/aromatic N) is 2. The number of nitrogens with one attached hydrogen (secondary N) is 1. The van der Waals surface area contributed by atoms with Crippen LogP contribution in [-0.4, -0.2) is 23.4 Å². The second-order valence-electron chi connectivity index (χ2n) is 7.57. The summed E-state index contributed by atoms with van der Waals surface area (Å²) in [6.07, 6.45) is 1.46. The summed E-state index contributed by atoms with van der Waals surface area (Å²) < 4.78 is 5.22. The van der Waals surface area contributed by atoms with E-state index in [0.29, 0.717) is 15.4 Å². The van der Waals surface area contributed by atoms with Crippen LogP contribution in [0.5, 0.6) is 0 Å². The van der Waals surface area contributed by atoms with Gasteiger partial charge in [-0.25, -0.2) is 4.79 Å². The average Bonchev–Trinajstić information content (AvgIpc) is 3.55. The first kappa shape index (κ1) is 25.5. The minimum absolute atomic E-state index is 0.00458. The zero-order valence-corrected chi connectivity index (χ0v) is 21.1. The first-order valence-electron chi connectivity index (χ1n) is 11.0. The van der Waals surface area contributed by atoms with Gasteiger partial charge in [0, 0.05) is 32.8 Å². The Balaban J connectivity index is 1.59. The summed E-state index contributed by atoms with van der Waals surface area (Å²) in [5, 5.41) is 25.3. The van der Waals surface area contributed by atoms with Gasteiger partial charge in [-0.3, -0.25) is 14.9 Å². The number of benzene rings is 2. The normalized spacial score (nSPS) is 11.0. The molecule has 0 spiro atoms. The Kier molecular flexibility index (Phi) is 7.88. The number of nitro benzene ring substituents is 1. The van der Waals surface area contributed by atoms with Gasteiger partial charge in [0.15, 0.2) is 0 Å². The van der Waals surface area contributed by atoms with Gasteiger partial charge in [0.2, 0.25) is 0 Å². The van der Waals surface area contributed by atoms with Crippen LogP contribution < -0.4 is 5.32 Å². The van der Waals surface area contributed by atoms with Gasteiger partial charge in [-0.2, -0.15) is 5.26 Å². The fraction of sp³-hybridized carbons (Fsp3) is 0.0741. The van der Waals surface area contributed by atoms with Crippen molar-refractivity contribution >= 4 is 51.3 Å². The maximum Gasteiger partial charge on any atom is 0.341 e. The molecule has 0 aliphatic carbocycles. The fourth-order valence-electron chi connectivity index (χ4n) is 3.48. The van der Waals surface area contributed by atoms with Crippen LogP contribution in [0.15, 0.2) is 77.7 Å². The van der Waals surface area contributed by atoms with Crippen molar-refractivity contribution in [2.75, 3.05) is 11.9 Å². The minimum atomic E-state index is -0.653. The van der Waals surface area contributed by atoms with Gasteiger partial charge >= 0.3 is 5.97 Å². The van der Waals surface area contributed by atoms with Crippen molar-refractivity contribution < 1.29 is 19.2 Å². The SMILES string of the molecule is CCOC(=O)c1c(-c2ccccc2)csc1NC(=O)/C(C#N)=C/c1ccc(-c2ccc([N+](=O)[O-])cc2)s1. The Morgan fingerprint density at radius 2 is 1.81 bits per heavy atom. The Hall–Kier alpha value is -4.59. The number of carbonyl (C=O) groups excluding carboxylic acids is 2. The summed E-state index contributed by atoms with van der Waals surface area (Å²) in [5.74, 6) is -1.22. The standard InChI is InChI=1S/C27H19N3O5S2/c1-2-35-27(32)24-22(17-6-4-3-5-7-17)16-36-26(24)29-25(31)19(15-28)14-21-12-13-23(37-21)18-8-10-20(11-9-18)30(33)34/h3-14,16H,2H2,1H3,(H,29,31)/b19-14+. The van der Waals surface area contributed by atoms with E-state index in [1.54, 1.807) is 30.5 Å². The number of amides is 1. The van der Waals surface area contributed by atoms with Crippen LogP contribution in [-0.2, 0) is 9.53 Å². The predicted octanol–water partition coefficient (Wildman–Crippen LogP) is 6.77. The number of hydrogen-bond acceptors (Lipinski definition) is 8. The zero-order chi connectivity index (χ0) is 26.4. The molecule has 0 unspecified atom stereocenters. The molecular formula is C27H19N3O5S2. The smallest absolute Gasteiger partial charge is 0.341 e. The molecule has 2 heterocycles. The number of ether oxygens (including phenoxy) is 1. The number of esters is 1. The summed E-state index contributed by atoms with van der Waals surface area (Å²) in [7, 11) is 0. The van der Waals surface area contributed by atoms with Gasteiger partial charge in [0.1, 0.15) is 22.2 Å². The van der Waals surface area contributed by atoms with Crippen molar-refractivity contribution in [1.29, 1.82) is 5.26 Å². The van der Waals surface area contributed by atoms with Crippen LogP contribution in [0.4, 0.5) is 10.7 Å². The van der Waals surface area contributed by atoms with Crippen molar-refractivity contribution in [2.24, 2.45) is 0 Å². The molecule has 0 aliphatic heterocycles. The van der Waals surface area contributed by atoms with E-state index in [9.17, 15) is 25.0 Å². The van der Waals surface area contributed by atoms with Crippen molar-refractivity contribution in [2.45, 2.75) is 6.92 Å². The lowest BCUT2D eigenvalue weighted by Crippen LogP contribution is -2.16. The lowest BCUT2D eigenvalue weighted by molar-refractivity contribution is -0.384. The molecule has 0 aliphatic rings. The number of rotatable bonds is 8. The molecule has 2 aromatic heterocycles. The number of non-ortho nitro benzene ring substituents is 1. The molecule has 184 valence electrons. The van der Waals surface area contributed by atoms with Gasteiger partial charge in [-0.1, -0.05) is 30.3 Å². The number of hydrogen-bond donors (Lipinski definition) is 1. The van der Waals surface area contributed by atoms with Crippen molar-refractivity contribution in [3.63, 3.8) is 0 Å². The Morgan fingerprint density at radius 3 is 2.46 bits per heavy atom. The van der Waals surface area contributed by atoms with Gasteiger partial charge in [0.05, 0.1) is 11.5 Å².